The topological polar surface area (TPSA) is 64.2 Å². The molecule has 0 saturated heterocycles. The highest BCUT2D eigenvalue weighted by atomic mass is 35.5. The van der Waals surface area contributed by atoms with Crippen LogP contribution in [0.4, 0.5) is 5.69 Å². The Morgan fingerprint density at radius 2 is 1.96 bits per heavy atom. The average Bonchev–Trinajstić information content (AvgIpc) is 2.83. The summed E-state index contributed by atoms with van der Waals surface area (Å²) in [5.41, 5.74) is 2.78. The molecule has 1 N–H and O–H groups in total. The highest BCUT2D eigenvalue weighted by Gasteiger charge is 2.13. The van der Waals surface area contributed by atoms with Crippen molar-refractivity contribution in [2.24, 2.45) is 0 Å². The van der Waals surface area contributed by atoms with Gasteiger partial charge in [0, 0.05) is 16.8 Å². The normalized spacial score (nSPS) is 10.9. The SMILES string of the molecule is CCc1ccc(NC(=O)Cn2c(=O)oc3cc(Cl)ccc32)cc1. The van der Waals surface area contributed by atoms with Gasteiger partial charge in [-0.05, 0) is 36.2 Å². The Balaban J connectivity index is 1.79. The molecule has 2 aromatic carbocycles. The second-order valence-corrected chi connectivity index (χ2v) is 5.60. The van der Waals surface area contributed by atoms with Crippen molar-refractivity contribution in [2.45, 2.75) is 19.9 Å². The van der Waals surface area contributed by atoms with Crippen LogP contribution in [-0.2, 0) is 17.8 Å². The second kappa shape index (κ2) is 6.30. The third kappa shape index (κ3) is 3.29. The Morgan fingerprint density at radius 3 is 2.65 bits per heavy atom. The van der Waals surface area contributed by atoms with E-state index in [1.165, 1.54) is 10.1 Å². The molecule has 1 amide bonds. The molecule has 0 radical (unpaired) electrons. The summed E-state index contributed by atoms with van der Waals surface area (Å²) in [5, 5.41) is 3.24. The Labute approximate surface area is 137 Å². The van der Waals surface area contributed by atoms with E-state index < -0.39 is 5.76 Å². The second-order valence-electron chi connectivity index (χ2n) is 5.16. The molecule has 0 aliphatic carbocycles. The largest absolute Gasteiger partial charge is 0.420 e. The minimum atomic E-state index is -0.584. The van der Waals surface area contributed by atoms with Gasteiger partial charge in [0.2, 0.25) is 5.91 Å². The summed E-state index contributed by atoms with van der Waals surface area (Å²) in [4.78, 5) is 24.1. The monoisotopic (exact) mass is 330 g/mol. The van der Waals surface area contributed by atoms with Crippen molar-refractivity contribution in [3.63, 3.8) is 0 Å². The molecule has 0 atom stereocenters. The quantitative estimate of drug-likeness (QED) is 0.797. The zero-order valence-electron chi connectivity index (χ0n) is 12.5. The predicted molar refractivity (Wildman–Crippen MR) is 89.9 cm³/mol. The van der Waals surface area contributed by atoms with Gasteiger partial charge in [-0.2, -0.15) is 0 Å². The first-order valence-electron chi connectivity index (χ1n) is 7.24. The van der Waals surface area contributed by atoms with E-state index in [2.05, 4.69) is 12.2 Å². The number of anilines is 1. The summed E-state index contributed by atoms with van der Waals surface area (Å²) in [6.45, 7) is 1.94. The van der Waals surface area contributed by atoms with Gasteiger partial charge >= 0.3 is 5.76 Å². The first-order valence-corrected chi connectivity index (χ1v) is 7.62. The number of rotatable bonds is 4. The number of amides is 1. The number of carbonyl (C=O) groups is 1. The molecule has 118 valence electrons. The zero-order valence-corrected chi connectivity index (χ0v) is 13.3. The lowest BCUT2D eigenvalue weighted by molar-refractivity contribution is -0.116. The van der Waals surface area contributed by atoms with Gasteiger partial charge in [-0.3, -0.25) is 9.36 Å². The molecule has 5 nitrogen and oxygen atoms in total. The molecule has 3 rings (SSSR count). The molecular formula is C17H15ClN2O3. The third-order valence-electron chi connectivity index (χ3n) is 3.58. The minimum Gasteiger partial charge on any atom is -0.408 e. The number of aryl methyl sites for hydroxylation is 1. The molecule has 0 aliphatic heterocycles. The fourth-order valence-electron chi connectivity index (χ4n) is 2.36. The molecule has 23 heavy (non-hydrogen) atoms. The van der Waals surface area contributed by atoms with Crippen LogP contribution in [0.1, 0.15) is 12.5 Å². The van der Waals surface area contributed by atoms with Crippen molar-refractivity contribution in [2.75, 3.05) is 5.32 Å². The van der Waals surface area contributed by atoms with Crippen molar-refractivity contribution in [1.29, 1.82) is 0 Å². The highest BCUT2D eigenvalue weighted by Crippen LogP contribution is 2.18. The van der Waals surface area contributed by atoms with Gasteiger partial charge in [0.05, 0.1) is 5.52 Å². The Morgan fingerprint density at radius 1 is 1.22 bits per heavy atom. The van der Waals surface area contributed by atoms with E-state index in [0.29, 0.717) is 21.8 Å². The molecule has 0 spiro atoms. The fourth-order valence-corrected chi connectivity index (χ4v) is 2.52. The van der Waals surface area contributed by atoms with Gasteiger partial charge in [0.15, 0.2) is 5.58 Å². The number of nitrogens with zero attached hydrogens (tertiary/aromatic N) is 1. The first kappa shape index (κ1) is 15.4. The molecule has 3 aromatic rings. The van der Waals surface area contributed by atoms with E-state index in [0.717, 1.165) is 6.42 Å². The molecule has 0 saturated carbocycles. The van der Waals surface area contributed by atoms with Crippen molar-refractivity contribution in [3.05, 3.63) is 63.6 Å². The van der Waals surface area contributed by atoms with Crippen LogP contribution in [0, 0.1) is 0 Å². The molecule has 0 bridgehead atoms. The molecule has 6 heteroatoms. The number of nitrogens with one attached hydrogen (secondary N) is 1. The highest BCUT2D eigenvalue weighted by molar-refractivity contribution is 6.31. The summed E-state index contributed by atoms with van der Waals surface area (Å²) >= 11 is 5.87. The lowest BCUT2D eigenvalue weighted by atomic mass is 10.1. The van der Waals surface area contributed by atoms with Crippen LogP contribution in [0.3, 0.4) is 0 Å². The molecule has 1 heterocycles. The van der Waals surface area contributed by atoms with Crippen molar-refractivity contribution in [3.8, 4) is 0 Å². The number of hydrogen-bond acceptors (Lipinski definition) is 3. The molecule has 0 unspecified atom stereocenters. The van der Waals surface area contributed by atoms with Crippen LogP contribution in [0.15, 0.2) is 51.7 Å². The van der Waals surface area contributed by atoms with Crippen LogP contribution in [-0.4, -0.2) is 10.5 Å². The maximum atomic E-state index is 12.2. The smallest absolute Gasteiger partial charge is 0.408 e. The van der Waals surface area contributed by atoms with Crippen LogP contribution in [0.2, 0.25) is 5.02 Å². The van der Waals surface area contributed by atoms with Gasteiger partial charge < -0.3 is 9.73 Å². The average molecular weight is 331 g/mol. The Hall–Kier alpha value is -2.53. The minimum absolute atomic E-state index is 0.122. The maximum absolute atomic E-state index is 12.2. The van der Waals surface area contributed by atoms with E-state index in [1.54, 1.807) is 18.2 Å². The number of halogens is 1. The Kier molecular flexibility index (Phi) is 4.21. The number of benzene rings is 2. The van der Waals surface area contributed by atoms with Gasteiger partial charge in [-0.15, -0.1) is 0 Å². The summed E-state index contributed by atoms with van der Waals surface area (Å²) in [7, 11) is 0. The lowest BCUT2D eigenvalue weighted by Crippen LogP contribution is -2.24. The number of oxazole rings is 1. The maximum Gasteiger partial charge on any atom is 0.420 e. The van der Waals surface area contributed by atoms with Crippen LogP contribution >= 0.6 is 11.6 Å². The number of hydrogen-bond donors (Lipinski definition) is 1. The summed E-state index contributed by atoms with van der Waals surface area (Å²) < 4.78 is 6.38. The fraction of sp³-hybridized carbons (Fsp3) is 0.176. The number of aromatic nitrogens is 1. The van der Waals surface area contributed by atoms with Gasteiger partial charge in [0.1, 0.15) is 6.54 Å². The van der Waals surface area contributed by atoms with Crippen LogP contribution in [0.25, 0.3) is 11.1 Å². The molecular weight excluding hydrogens is 316 g/mol. The third-order valence-corrected chi connectivity index (χ3v) is 3.81. The van der Waals surface area contributed by atoms with Crippen molar-refractivity contribution < 1.29 is 9.21 Å². The standard InChI is InChI=1S/C17H15ClN2O3/c1-2-11-3-6-13(7-4-11)19-16(21)10-20-14-8-5-12(18)9-15(14)23-17(20)22/h3-9H,2,10H2,1H3,(H,19,21). The van der Waals surface area contributed by atoms with Crippen molar-refractivity contribution >= 4 is 34.3 Å². The summed E-state index contributed by atoms with van der Waals surface area (Å²) in [5.74, 6) is -0.882. The van der Waals surface area contributed by atoms with E-state index >= 15 is 0 Å². The van der Waals surface area contributed by atoms with E-state index in [-0.39, 0.29) is 12.5 Å². The zero-order chi connectivity index (χ0) is 16.4. The summed E-state index contributed by atoms with van der Waals surface area (Å²) in [6, 6.07) is 12.5. The first-order chi connectivity index (χ1) is 11.1. The van der Waals surface area contributed by atoms with E-state index in [1.807, 2.05) is 24.3 Å². The van der Waals surface area contributed by atoms with Gasteiger partial charge in [-0.1, -0.05) is 30.7 Å². The summed E-state index contributed by atoms with van der Waals surface area (Å²) in [6.07, 6.45) is 0.938. The van der Waals surface area contributed by atoms with Crippen molar-refractivity contribution in [1.82, 2.24) is 4.57 Å². The Bertz CT molecular complexity index is 910. The molecule has 1 aromatic heterocycles. The van der Waals surface area contributed by atoms with Gasteiger partial charge in [0.25, 0.3) is 0 Å². The van der Waals surface area contributed by atoms with Crippen LogP contribution < -0.4 is 11.1 Å². The van der Waals surface area contributed by atoms with Gasteiger partial charge in [-0.25, -0.2) is 4.79 Å². The van der Waals surface area contributed by atoms with Crippen LogP contribution in [0.5, 0.6) is 0 Å². The lowest BCUT2D eigenvalue weighted by Gasteiger charge is -2.06. The predicted octanol–water partition coefficient (Wildman–Crippen LogP) is 3.45. The number of fused-ring (bicyclic) bond motifs is 1. The van der Waals surface area contributed by atoms with E-state index in [9.17, 15) is 9.59 Å². The molecule has 0 fully saturated rings. The number of carbonyl (C=O) groups excluding carboxylic acids is 1. The van der Waals surface area contributed by atoms with E-state index in [4.69, 9.17) is 16.0 Å². The molecule has 0 aliphatic rings.